The Hall–Kier alpha value is -1.46. The lowest BCUT2D eigenvalue weighted by molar-refractivity contribution is -0.139. The molecule has 0 bridgehead atoms. The fourth-order valence-corrected chi connectivity index (χ4v) is 2.75. The van der Waals surface area contributed by atoms with Crippen LogP contribution in [0.25, 0.3) is 10.9 Å². The molecule has 0 spiro atoms. The third kappa shape index (κ3) is 4.02. The number of carboxylic acids is 1. The number of pyridine rings is 1. The number of fused-ring (bicyclic) bond motifs is 1. The number of rotatable bonds is 7. The normalized spacial score (nSPS) is 12.5. The molecule has 0 amide bonds. The molecule has 1 heterocycles. The summed E-state index contributed by atoms with van der Waals surface area (Å²) in [6, 6.07) is 7.34. The standard InChI is InChI=1S/C16H19BrN2O2/c1-2-3-6-14(16(20)21)19-10-11-7-8-13(17)12-5-4-9-18-15(11)12/h4-5,7-9,14,19H,2-3,6,10H2,1H3,(H,20,21). The molecule has 0 aliphatic carbocycles. The predicted octanol–water partition coefficient (Wildman–Crippen LogP) is 3.73. The van der Waals surface area contributed by atoms with Gasteiger partial charge in [-0.25, -0.2) is 0 Å². The van der Waals surface area contributed by atoms with Crippen molar-refractivity contribution in [3.05, 3.63) is 40.5 Å². The van der Waals surface area contributed by atoms with E-state index >= 15 is 0 Å². The second kappa shape index (κ2) is 7.52. The zero-order chi connectivity index (χ0) is 15.2. The second-order valence-corrected chi connectivity index (χ2v) is 5.87. The second-order valence-electron chi connectivity index (χ2n) is 5.02. The molecule has 2 rings (SSSR count). The first kappa shape index (κ1) is 15.9. The van der Waals surface area contributed by atoms with Crippen LogP contribution in [0.5, 0.6) is 0 Å². The monoisotopic (exact) mass is 350 g/mol. The first-order valence-electron chi connectivity index (χ1n) is 7.11. The van der Waals surface area contributed by atoms with Gasteiger partial charge in [0.25, 0.3) is 0 Å². The largest absolute Gasteiger partial charge is 0.480 e. The van der Waals surface area contributed by atoms with Crippen LogP contribution in [-0.4, -0.2) is 22.1 Å². The van der Waals surface area contributed by atoms with Crippen LogP contribution in [0, 0.1) is 0 Å². The fraction of sp³-hybridized carbons (Fsp3) is 0.375. The van der Waals surface area contributed by atoms with Crippen LogP contribution < -0.4 is 5.32 Å². The molecule has 0 saturated heterocycles. The highest BCUT2D eigenvalue weighted by Crippen LogP contribution is 2.25. The number of nitrogens with zero attached hydrogens (tertiary/aromatic N) is 1. The molecule has 2 N–H and O–H groups in total. The fourth-order valence-electron chi connectivity index (χ4n) is 2.29. The molecule has 112 valence electrons. The van der Waals surface area contributed by atoms with E-state index in [-0.39, 0.29) is 0 Å². The van der Waals surface area contributed by atoms with Gasteiger partial charge in [0.05, 0.1) is 5.52 Å². The lowest BCUT2D eigenvalue weighted by Gasteiger charge is -2.15. The molecule has 1 aromatic carbocycles. The Morgan fingerprint density at radius 3 is 2.95 bits per heavy atom. The lowest BCUT2D eigenvalue weighted by Crippen LogP contribution is -2.36. The number of carboxylic acid groups (broad SMARTS) is 1. The minimum absolute atomic E-state index is 0.501. The van der Waals surface area contributed by atoms with Gasteiger partial charge in [-0.05, 0) is 24.1 Å². The van der Waals surface area contributed by atoms with Crippen LogP contribution in [0.1, 0.15) is 31.7 Å². The Labute approximate surface area is 132 Å². The van der Waals surface area contributed by atoms with Crippen molar-refractivity contribution in [2.75, 3.05) is 0 Å². The molecule has 0 aliphatic heterocycles. The van der Waals surface area contributed by atoms with E-state index in [1.807, 2.05) is 24.3 Å². The van der Waals surface area contributed by atoms with Gasteiger partial charge in [-0.2, -0.15) is 0 Å². The van der Waals surface area contributed by atoms with Crippen LogP contribution >= 0.6 is 15.9 Å². The summed E-state index contributed by atoms with van der Waals surface area (Å²) in [4.78, 5) is 15.7. The van der Waals surface area contributed by atoms with Crippen molar-refractivity contribution in [1.29, 1.82) is 0 Å². The van der Waals surface area contributed by atoms with Crippen molar-refractivity contribution < 1.29 is 9.90 Å². The number of hydrogen-bond donors (Lipinski definition) is 2. The van der Waals surface area contributed by atoms with Gasteiger partial charge in [-0.1, -0.05) is 47.8 Å². The summed E-state index contributed by atoms with van der Waals surface area (Å²) in [6.45, 7) is 2.56. The van der Waals surface area contributed by atoms with E-state index in [0.717, 1.165) is 33.8 Å². The number of nitrogens with one attached hydrogen (secondary N) is 1. The molecule has 4 nitrogen and oxygen atoms in total. The number of unbranched alkanes of at least 4 members (excludes halogenated alkanes) is 1. The van der Waals surface area contributed by atoms with Crippen LogP contribution in [-0.2, 0) is 11.3 Å². The van der Waals surface area contributed by atoms with Gasteiger partial charge in [0, 0.05) is 22.6 Å². The van der Waals surface area contributed by atoms with Gasteiger partial charge in [-0.15, -0.1) is 0 Å². The molecule has 21 heavy (non-hydrogen) atoms. The predicted molar refractivity (Wildman–Crippen MR) is 87.2 cm³/mol. The van der Waals surface area contributed by atoms with E-state index in [9.17, 15) is 9.90 Å². The molecule has 5 heteroatoms. The molecule has 0 aliphatic rings. The summed E-state index contributed by atoms with van der Waals surface area (Å²) in [5.41, 5.74) is 1.91. The summed E-state index contributed by atoms with van der Waals surface area (Å²) in [7, 11) is 0. The van der Waals surface area contributed by atoms with E-state index in [0.29, 0.717) is 13.0 Å². The summed E-state index contributed by atoms with van der Waals surface area (Å²) in [6.07, 6.45) is 4.30. The lowest BCUT2D eigenvalue weighted by atomic mass is 10.1. The molecule has 1 atom stereocenters. The van der Waals surface area contributed by atoms with Crippen molar-refractivity contribution in [2.45, 2.75) is 38.8 Å². The number of halogens is 1. The van der Waals surface area contributed by atoms with E-state index < -0.39 is 12.0 Å². The van der Waals surface area contributed by atoms with Gasteiger partial charge in [0.2, 0.25) is 0 Å². The molecule has 0 fully saturated rings. The summed E-state index contributed by atoms with van der Waals surface area (Å²) >= 11 is 3.51. The van der Waals surface area contributed by atoms with Crippen molar-refractivity contribution in [1.82, 2.24) is 10.3 Å². The van der Waals surface area contributed by atoms with Crippen LogP contribution in [0.3, 0.4) is 0 Å². The third-order valence-corrected chi connectivity index (χ3v) is 4.17. The summed E-state index contributed by atoms with van der Waals surface area (Å²) < 4.78 is 0.995. The Morgan fingerprint density at radius 2 is 2.24 bits per heavy atom. The highest BCUT2D eigenvalue weighted by Gasteiger charge is 2.16. The molecule has 1 aromatic heterocycles. The Balaban J connectivity index is 2.16. The average Bonchev–Trinajstić information content (AvgIpc) is 2.49. The average molecular weight is 351 g/mol. The molecule has 0 radical (unpaired) electrons. The van der Waals surface area contributed by atoms with Crippen LogP contribution in [0.4, 0.5) is 0 Å². The first-order chi connectivity index (χ1) is 10.1. The minimum Gasteiger partial charge on any atom is -0.480 e. The van der Waals surface area contributed by atoms with E-state index in [4.69, 9.17) is 0 Å². The number of carbonyl (C=O) groups is 1. The SMILES string of the molecule is CCCCC(NCc1ccc(Br)c2cccnc12)C(=O)O. The maximum Gasteiger partial charge on any atom is 0.320 e. The quantitative estimate of drug-likeness (QED) is 0.798. The highest BCUT2D eigenvalue weighted by molar-refractivity contribution is 9.10. The van der Waals surface area contributed by atoms with Crippen molar-refractivity contribution >= 4 is 32.8 Å². The number of hydrogen-bond acceptors (Lipinski definition) is 3. The Morgan fingerprint density at radius 1 is 1.43 bits per heavy atom. The first-order valence-corrected chi connectivity index (χ1v) is 7.91. The maximum atomic E-state index is 11.3. The summed E-state index contributed by atoms with van der Waals surface area (Å²) in [5, 5.41) is 13.4. The zero-order valence-corrected chi connectivity index (χ0v) is 13.6. The van der Waals surface area contributed by atoms with Gasteiger partial charge in [-0.3, -0.25) is 9.78 Å². The Kier molecular flexibility index (Phi) is 5.70. The molecular weight excluding hydrogens is 332 g/mol. The van der Waals surface area contributed by atoms with E-state index in [1.165, 1.54) is 0 Å². The molecule has 1 unspecified atom stereocenters. The van der Waals surface area contributed by atoms with Crippen molar-refractivity contribution in [2.24, 2.45) is 0 Å². The smallest absolute Gasteiger partial charge is 0.320 e. The molecular formula is C16H19BrN2O2. The number of aromatic nitrogens is 1. The number of aliphatic carboxylic acids is 1. The highest BCUT2D eigenvalue weighted by atomic mass is 79.9. The van der Waals surface area contributed by atoms with Gasteiger partial charge in [0.15, 0.2) is 0 Å². The number of benzene rings is 1. The van der Waals surface area contributed by atoms with Crippen molar-refractivity contribution in [3.63, 3.8) is 0 Å². The van der Waals surface area contributed by atoms with Gasteiger partial charge >= 0.3 is 5.97 Å². The van der Waals surface area contributed by atoms with Gasteiger partial charge in [0.1, 0.15) is 6.04 Å². The topological polar surface area (TPSA) is 62.2 Å². The van der Waals surface area contributed by atoms with E-state index in [2.05, 4.69) is 33.2 Å². The molecule has 0 saturated carbocycles. The molecule has 2 aromatic rings. The maximum absolute atomic E-state index is 11.3. The van der Waals surface area contributed by atoms with E-state index in [1.54, 1.807) is 6.20 Å². The van der Waals surface area contributed by atoms with Crippen molar-refractivity contribution in [3.8, 4) is 0 Å². The van der Waals surface area contributed by atoms with Gasteiger partial charge < -0.3 is 10.4 Å². The zero-order valence-electron chi connectivity index (χ0n) is 12.0. The third-order valence-electron chi connectivity index (χ3n) is 3.48. The Bertz CT molecular complexity index is 631. The van der Waals surface area contributed by atoms with Crippen LogP contribution in [0.15, 0.2) is 34.9 Å². The summed E-state index contributed by atoms with van der Waals surface area (Å²) in [5.74, 6) is -0.794. The minimum atomic E-state index is -0.794. The van der Waals surface area contributed by atoms with Crippen LogP contribution in [0.2, 0.25) is 0 Å².